The first-order valence-corrected chi connectivity index (χ1v) is 7.55. The predicted molar refractivity (Wildman–Crippen MR) is 89.8 cm³/mol. The summed E-state index contributed by atoms with van der Waals surface area (Å²) in [6.45, 7) is 3.95. The van der Waals surface area contributed by atoms with Crippen LogP contribution >= 0.6 is 0 Å². The van der Waals surface area contributed by atoms with E-state index in [0.717, 1.165) is 6.42 Å². The Hall–Kier alpha value is -3.02. The van der Waals surface area contributed by atoms with Crippen molar-refractivity contribution in [3.8, 4) is 11.5 Å². The summed E-state index contributed by atoms with van der Waals surface area (Å²) in [6.07, 6.45) is 0.898. The van der Waals surface area contributed by atoms with E-state index in [0.29, 0.717) is 17.0 Å². The molecule has 0 aliphatic heterocycles. The van der Waals surface area contributed by atoms with Gasteiger partial charge in [-0.05, 0) is 43.7 Å². The van der Waals surface area contributed by atoms with Gasteiger partial charge in [0.1, 0.15) is 17.1 Å². The van der Waals surface area contributed by atoms with Gasteiger partial charge in [0.15, 0.2) is 0 Å². The summed E-state index contributed by atoms with van der Waals surface area (Å²) < 4.78 is 5.68. The first-order valence-electron chi connectivity index (χ1n) is 7.55. The lowest BCUT2D eigenvalue weighted by molar-refractivity contribution is 0.0693. The summed E-state index contributed by atoms with van der Waals surface area (Å²) in [4.78, 5) is 23.2. The first kappa shape index (κ1) is 17.3. The molecule has 1 amide bonds. The Morgan fingerprint density at radius 2 is 1.96 bits per heavy atom. The standard InChI is InChI=1S/C18H19NO5/c1-3-11(2)24-14-6-4-5-12(9-14)17(21)19-13-7-8-15(18(22)23)16(20)10-13/h4-11,20H,3H2,1-2H3,(H,19,21)(H,22,23)/t11-/m0/s1. The van der Waals surface area contributed by atoms with Crippen molar-refractivity contribution in [2.24, 2.45) is 0 Å². The van der Waals surface area contributed by atoms with Crippen molar-refractivity contribution in [3.63, 3.8) is 0 Å². The summed E-state index contributed by atoms with van der Waals surface area (Å²) in [5.41, 5.74) is 0.477. The third-order valence-electron chi connectivity index (χ3n) is 3.49. The van der Waals surface area contributed by atoms with Crippen LogP contribution in [0.3, 0.4) is 0 Å². The molecule has 0 radical (unpaired) electrons. The molecule has 1 atom stereocenters. The Morgan fingerprint density at radius 3 is 2.58 bits per heavy atom. The van der Waals surface area contributed by atoms with Crippen LogP contribution in [0.1, 0.15) is 41.0 Å². The minimum absolute atomic E-state index is 0.0452. The van der Waals surface area contributed by atoms with Crippen molar-refractivity contribution < 1.29 is 24.5 Å². The number of anilines is 1. The van der Waals surface area contributed by atoms with Gasteiger partial charge >= 0.3 is 5.97 Å². The maximum absolute atomic E-state index is 12.3. The van der Waals surface area contributed by atoms with Gasteiger partial charge in [-0.1, -0.05) is 13.0 Å². The molecule has 0 aliphatic carbocycles. The average molecular weight is 329 g/mol. The fourth-order valence-electron chi connectivity index (χ4n) is 2.02. The molecule has 126 valence electrons. The van der Waals surface area contributed by atoms with Gasteiger partial charge in [0, 0.05) is 17.3 Å². The SMILES string of the molecule is CC[C@H](C)Oc1cccc(C(=O)Nc2ccc(C(=O)O)c(O)c2)c1. The van der Waals surface area contributed by atoms with E-state index in [1.807, 2.05) is 13.8 Å². The molecule has 0 saturated carbocycles. The third kappa shape index (κ3) is 4.25. The Balaban J connectivity index is 2.14. The quantitative estimate of drug-likeness (QED) is 0.753. The van der Waals surface area contributed by atoms with Gasteiger partial charge < -0.3 is 20.3 Å². The molecular formula is C18H19NO5. The van der Waals surface area contributed by atoms with Crippen LogP contribution in [0.5, 0.6) is 11.5 Å². The van der Waals surface area contributed by atoms with E-state index < -0.39 is 11.7 Å². The molecule has 0 unspecified atom stereocenters. The Labute approximate surface area is 139 Å². The van der Waals surface area contributed by atoms with Crippen molar-refractivity contribution in [3.05, 3.63) is 53.6 Å². The summed E-state index contributed by atoms with van der Waals surface area (Å²) >= 11 is 0. The smallest absolute Gasteiger partial charge is 0.339 e. The van der Waals surface area contributed by atoms with E-state index in [2.05, 4.69) is 5.32 Å². The second-order valence-electron chi connectivity index (χ2n) is 5.36. The molecule has 3 N–H and O–H groups in total. The number of carbonyl (C=O) groups is 2. The molecule has 2 aromatic carbocycles. The van der Waals surface area contributed by atoms with Crippen LogP contribution in [0, 0.1) is 0 Å². The molecule has 0 saturated heterocycles. The summed E-state index contributed by atoms with van der Waals surface area (Å²) in [6, 6.07) is 10.6. The zero-order valence-corrected chi connectivity index (χ0v) is 13.4. The summed E-state index contributed by atoms with van der Waals surface area (Å²) in [7, 11) is 0. The van der Waals surface area contributed by atoms with Crippen LogP contribution < -0.4 is 10.1 Å². The number of phenols is 1. The van der Waals surface area contributed by atoms with Crippen molar-refractivity contribution in [1.29, 1.82) is 0 Å². The monoisotopic (exact) mass is 329 g/mol. The average Bonchev–Trinajstić information content (AvgIpc) is 2.54. The highest BCUT2D eigenvalue weighted by atomic mass is 16.5. The van der Waals surface area contributed by atoms with Crippen molar-refractivity contribution in [1.82, 2.24) is 0 Å². The van der Waals surface area contributed by atoms with Gasteiger partial charge in [-0.3, -0.25) is 4.79 Å². The lowest BCUT2D eigenvalue weighted by Crippen LogP contribution is -2.13. The van der Waals surface area contributed by atoms with E-state index >= 15 is 0 Å². The van der Waals surface area contributed by atoms with E-state index in [4.69, 9.17) is 9.84 Å². The fraction of sp³-hybridized carbons (Fsp3) is 0.222. The van der Waals surface area contributed by atoms with Gasteiger partial charge in [-0.2, -0.15) is 0 Å². The molecular weight excluding hydrogens is 310 g/mol. The molecule has 6 heteroatoms. The predicted octanol–water partition coefficient (Wildman–Crippen LogP) is 3.52. The highest BCUT2D eigenvalue weighted by molar-refractivity contribution is 6.05. The maximum atomic E-state index is 12.3. The Kier molecular flexibility index (Phi) is 5.42. The van der Waals surface area contributed by atoms with Gasteiger partial charge in [-0.25, -0.2) is 4.79 Å². The first-order chi connectivity index (χ1) is 11.4. The number of nitrogens with one attached hydrogen (secondary N) is 1. The highest BCUT2D eigenvalue weighted by Crippen LogP contribution is 2.23. The number of benzene rings is 2. The minimum atomic E-state index is -1.24. The zero-order chi connectivity index (χ0) is 17.7. The van der Waals surface area contributed by atoms with E-state index in [1.54, 1.807) is 24.3 Å². The Bertz CT molecular complexity index is 757. The van der Waals surface area contributed by atoms with Crippen LogP contribution in [-0.2, 0) is 0 Å². The number of hydrogen-bond acceptors (Lipinski definition) is 4. The number of amides is 1. The fourth-order valence-corrected chi connectivity index (χ4v) is 2.02. The summed E-state index contributed by atoms with van der Waals surface area (Å²) in [5, 5.41) is 21.2. The largest absolute Gasteiger partial charge is 0.507 e. The number of hydrogen-bond donors (Lipinski definition) is 3. The Morgan fingerprint density at radius 1 is 1.21 bits per heavy atom. The topological polar surface area (TPSA) is 95.9 Å². The molecule has 0 aliphatic rings. The molecule has 2 aromatic rings. The lowest BCUT2D eigenvalue weighted by atomic mass is 10.1. The molecule has 0 spiro atoms. The number of carboxylic acids is 1. The molecule has 0 heterocycles. The van der Waals surface area contributed by atoms with Crippen LogP contribution in [-0.4, -0.2) is 28.2 Å². The number of ether oxygens (including phenoxy) is 1. The van der Waals surface area contributed by atoms with E-state index in [-0.39, 0.29) is 17.6 Å². The molecule has 6 nitrogen and oxygen atoms in total. The number of carbonyl (C=O) groups excluding carboxylic acids is 1. The molecule has 0 aromatic heterocycles. The third-order valence-corrected chi connectivity index (χ3v) is 3.49. The molecule has 2 rings (SSSR count). The summed E-state index contributed by atoms with van der Waals surface area (Å²) in [5.74, 6) is -1.43. The van der Waals surface area contributed by atoms with Gasteiger partial charge in [0.25, 0.3) is 5.91 Å². The molecule has 0 fully saturated rings. The highest BCUT2D eigenvalue weighted by Gasteiger charge is 2.12. The van der Waals surface area contributed by atoms with Crippen molar-refractivity contribution >= 4 is 17.6 Å². The maximum Gasteiger partial charge on any atom is 0.339 e. The zero-order valence-electron chi connectivity index (χ0n) is 13.4. The van der Waals surface area contributed by atoms with Crippen LogP contribution in [0.2, 0.25) is 0 Å². The van der Waals surface area contributed by atoms with Crippen molar-refractivity contribution in [2.45, 2.75) is 26.4 Å². The lowest BCUT2D eigenvalue weighted by Gasteiger charge is -2.13. The van der Waals surface area contributed by atoms with E-state index in [1.165, 1.54) is 18.2 Å². The number of aromatic carboxylic acids is 1. The second kappa shape index (κ2) is 7.50. The van der Waals surface area contributed by atoms with Gasteiger partial charge in [-0.15, -0.1) is 0 Å². The molecule has 24 heavy (non-hydrogen) atoms. The van der Waals surface area contributed by atoms with Crippen LogP contribution in [0.15, 0.2) is 42.5 Å². The van der Waals surface area contributed by atoms with Crippen LogP contribution in [0.4, 0.5) is 5.69 Å². The normalized spacial score (nSPS) is 11.6. The molecule has 0 bridgehead atoms. The van der Waals surface area contributed by atoms with Gasteiger partial charge in [0.05, 0.1) is 6.10 Å². The number of rotatable bonds is 6. The van der Waals surface area contributed by atoms with Crippen LogP contribution in [0.25, 0.3) is 0 Å². The minimum Gasteiger partial charge on any atom is -0.507 e. The van der Waals surface area contributed by atoms with Gasteiger partial charge in [0.2, 0.25) is 0 Å². The van der Waals surface area contributed by atoms with Crippen molar-refractivity contribution in [2.75, 3.05) is 5.32 Å². The second-order valence-corrected chi connectivity index (χ2v) is 5.36. The number of aromatic hydroxyl groups is 1. The van der Waals surface area contributed by atoms with E-state index in [9.17, 15) is 14.7 Å². The number of carboxylic acid groups (broad SMARTS) is 1.